The van der Waals surface area contributed by atoms with Crippen molar-refractivity contribution in [1.29, 1.82) is 0 Å². The minimum absolute atomic E-state index is 0.506. The zero-order chi connectivity index (χ0) is 6.62. The summed E-state index contributed by atoms with van der Waals surface area (Å²) in [5.74, 6) is 0. The lowest BCUT2D eigenvalue weighted by atomic mass is 10.4. The number of hydrogen-bond donors (Lipinski definition) is 0. The van der Waals surface area contributed by atoms with Crippen LogP contribution in [-0.4, -0.2) is 24.6 Å². The fraction of sp³-hybridized carbons (Fsp3) is 0.667. The van der Waals surface area contributed by atoms with Gasteiger partial charge in [-0.3, -0.25) is 0 Å². The Morgan fingerprint density at radius 2 is 2.12 bits per heavy atom. The molecule has 0 bridgehead atoms. The van der Waals surface area contributed by atoms with E-state index in [9.17, 15) is 0 Å². The molecule has 0 aliphatic carbocycles. The van der Waals surface area contributed by atoms with E-state index in [0.29, 0.717) is 4.00 Å². The summed E-state index contributed by atoms with van der Waals surface area (Å²) < 4.78 is 0.506. The van der Waals surface area contributed by atoms with E-state index in [-0.39, 0.29) is 0 Å². The third kappa shape index (κ3) is 5.99. The molecule has 0 atom stereocenters. The molecule has 8 heavy (non-hydrogen) atoms. The third-order valence-corrected chi connectivity index (χ3v) is 1.03. The Labute approximate surface area is 56.3 Å². The van der Waals surface area contributed by atoms with Crippen LogP contribution in [0.4, 0.5) is 0 Å². The molecule has 0 rings (SSSR count). The maximum absolute atomic E-state index is 5.80. The summed E-state index contributed by atoms with van der Waals surface area (Å²) in [4.78, 5) is 0. The van der Waals surface area contributed by atoms with Crippen molar-refractivity contribution in [3.05, 3.63) is 12.7 Å². The fourth-order valence-corrected chi connectivity index (χ4v) is 0.496. The lowest BCUT2D eigenvalue weighted by molar-refractivity contribution is -0.770. The zero-order valence-electron chi connectivity index (χ0n) is 5.52. The summed E-state index contributed by atoms with van der Waals surface area (Å²) in [6, 6.07) is 0. The second-order valence-corrected chi connectivity index (χ2v) is 3.25. The largest absolute Gasteiger partial charge is 0.227 e. The van der Waals surface area contributed by atoms with Crippen molar-refractivity contribution in [2.24, 2.45) is 0 Å². The molecule has 0 spiro atoms. The number of halogens is 1. The average molecular weight is 135 g/mol. The molecule has 0 N–H and O–H groups in total. The highest BCUT2D eigenvalue weighted by Gasteiger charge is 2.07. The van der Waals surface area contributed by atoms with Gasteiger partial charge in [-0.15, -0.1) is 6.58 Å². The van der Waals surface area contributed by atoms with Gasteiger partial charge in [0.05, 0.1) is 20.6 Å². The summed E-state index contributed by atoms with van der Waals surface area (Å²) in [5.41, 5.74) is 0. The van der Waals surface area contributed by atoms with Gasteiger partial charge in [0.25, 0.3) is 0 Å². The SMILES string of the molecule is C=CCC[N+](C)(C)Cl. The Morgan fingerprint density at radius 1 is 1.62 bits per heavy atom. The van der Waals surface area contributed by atoms with Gasteiger partial charge in [-0.05, 0) is 0 Å². The van der Waals surface area contributed by atoms with Crippen LogP contribution < -0.4 is 0 Å². The van der Waals surface area contributed by atoms with Crippen LogP contribution in [0, 0.1) is 0 Å². The predicted molar refractivity (Wildman–Crippen MR) is 37.6 cm³/mol. The van der Waals surface area contributed by atoms with Gasteiger partial charge in [0.1, 0.15) is 0 Å². The van der Waals surface area contributed by atoms with E-state index >= 15 is 0 Å². The molecule has 1 nitrogen and oxygen atoms in total. The summed E-state index contributed by atoms with van der Waals surface area (Å²) in [7, 11) is 3.90. The van der Waals surface area contributed by atoms with Crippen molar-refractivity contribution in [2.75, 3.05) is 20.6 Å². The van der Waals surface area contributed by atoms with Crippen molar-refractivity contribution in [3.63, 3.8) is 0 Å². The minimum Gasteiger partial charge on any atom is -0.227 e. The zero-order valence-corrected chi connectivity index (χ0v) is 6.28. The topological polar surface area (TPSA) is 0 Å². The highest BCUT2D eigenvalue weighted by molar-refractivity contribution is 6.06. The molecule has 48 valence electrons. The molecule has 0 aromatic carbocycles. The summed E-state index contributed by atoms with van der Waals surface area (Å²) in [6.45, 7) is 4.54. The number of nitrogens with zero attached hydrogens (tertiary/aromatic N) is 1. The standard InChI is InChI=1S/C6H13ClN/c1-4-5-6-8(2,3)7/h4H,1,5-6H2,2-3H3/q+1. The Balaban J connectivity index is 3.24. The van der Waals surface area contributed by atoms with E-state index in [1.165, 1.54) is 0 Å². The quantitative estimate of drug-likeness (QED) is 0.408. The molecule has 0 heterocycles. The van der Waals surface area contributed by atoms with Crippen molar-refractivity contribution in [1.82, 2.24) is 0 Å². The van der Waals surface area contributed by atoms with Crippen LogP contribution in [0.2, 0.25) is 0 Å². The van der Waals surface area contributed by atoms with E-state index in [1.807, 2.05) is 20.2 Å². The van der Waals surface area contributed by atoms with Crippen molar-refractivity contribution < 1.29 is 4.00 Å². The molecule has 0 saturated heterocycles. The van der Waals surface area contributed by atoms with Crippen LogP contribution in [0.15, 0.2) is 12.7 Å². The molecule has 0 amide bonds. The third-order valence-electron chi connectivity index (χ3n) is 0.865. The fourth-order valence-electron chi connectivity index (χ4n) is 0.398. The van der Waals surface area contributed by atoms with E-state index in [0.717, 1.165) is 13.0 Å². The normalized spacial score (nSPS) is 11.4. The van der Waals surface area contributed by atoms with Gasteiger partial charge in [-0.2, -0.15) is 0 Å². The first-order valence-corrected chi connectivity index (χ1v) is 3.03. The van der Waals surface area contributed by atoms with Crippen LogP contribution in [0.5, 0.6) is 0 Å². The van der Waals surface area contributed by atoms with Crippen LogP contribution >= 0.6 is 11.8 Å². The number of rotatable bonds is 3. The first-order chi connectivity index (χ1) is 3.56. The number of hydrogen-bond acceptors (Lipinski definition) is 0. The number of quaternary nitrogens is 1. The van der Waals surface area contributed by atoms with Crippen LogP contribution in [-0.2, 0) is 0 Å². The molecule has 0 saturated carbocycles. The van der Waals surface area contributed by atoms with E-state index in [4.69, 9.17) is 11.8 Å². The molecule has 0 aliphatic rings. The maximum atomic E-state index is 5.80. The Morgan fingerprint density at radius 3 is 2.25 bits per heavy atom. The highest BCUT2D eigenvalue weighted by atomic mass is 35.5. The lowest BCUT2D eigenvalue weighted by Gasteiger charge is -2.16. The second kappa shape index (κ2) is 3.10. The smallest absolute Gasteiger partial charge is 0.164 e. The maximum Gasteiger partial charge on any atom is 0.164 e. The molecular formula is C6H13ClN+. The van der Waals surface area contributed by atoms with E-state index in [2.05, 4.69) is 6.58 Å². The molecular weight excluding hydrogens is 122 g/mol. The summed E-state index contributed by atoms with van der Waals surface area (Å²) in [5, 5.41) is 0. The Kier molecular flexibility index (Phi) is 3.10. The van der Waals surface area contributed by atoms with Crippen molar-refractivity contribution in [2.45, 2.75) is 6.42 Å². The van der Waals surface area contributed by atoms with Gasteiger partial charge in [0.2, 0.25) is 0 Å². The highest BCUT2D eigenvalue weighted by Crippen LogP contribution is 2.02. The van der Waals surface area contributed by atoms with E-state index in [1.54, 1.807) is 0 Å². The van der Waals surface area contributed by atoms with Crippen molar-refractivity contribution in [3.8, 4) is 0 Å². The van der Waals surface area contributed by atoms with Gasteiger partial charge in [0.15, 0.2) is 11.8 Å². The van der Waals surface area contributed by atoms with Gasteiger partial charge in [0, 0.05) is 6.42 Å². The first kappa shape index (κ1) is 7.99. The molecule has 0 radical (unpaired) electrons. The lowest BCUT2D eigenvalue weighted by Crippen LogP contribution is -2.28. The first-order valence-electron chi connectivity index (χ1n) is 2.70. The van der Waals surface area contributed by atoms with Gasteiger partial charge in [-0.1, -0.05) is 6.08 Å². The molecule has 2 heteroatoms. The summed E-state index contributed by atoms with van der Waals surface area (Å²) in [6.07, 6.45) is 2.86. The van der Waals surface area contributed by atoms with E-state index < -0.39 is 0 Å². The van der Waals surface area contributed by atoms with Crippen LogP contribution in [0.1, 0.15) is 6.42 Å². The Hall–Kier alpha value is -0.0100. The molecule has 0 fully saturated rings. The molecule has 0 unspecified atom stereocenters. The second-order valence-electron chi connectivity index (χ2n) is 2.34. The predicted octanol–water partition coefficient (Wildman–Crippen LogP) is 1.79. The summed E-state index contributed by atoms with van der Waals surface area (Å²) >= 11 is 5.80. The van der Waals surface area contributed by atoms with Crippen LogP contribution in [0.3, 0.4) is 0 Å². The average Bonchev–Trinajstić information content (AvgIpc) is 1.59. The van der Waals surface area contributed by atoms with Gasteiger partial charge >= 0.3 is 0 Å². The van der Waals surface area contributed by atoms with Gasteiger partial charge < -0.3 is 0 Å². The van der Waals surface area contributed by atoms with Crippen molar-refractivity contribution >= 4 is 11.8 Å². The molecule has 0 aliphatic heterocycles. The minimum atomic E-state index is 0.506. The van der Waals surface area contributed by atoms with Gasteiger partial charge in [-0.25, -0.2) is 4.00 Å². The monoisotopic (exact) mass is 134 g/mol. The molecule has 0 aromatic heterocycles. The Bertz CT molecular complexity index is 73.1. The molecule has 0 aromatic rings. The van der Waals surface area contributed by atoms with Crippen LogP contribution in [0.25, 0.3) is 0 Å².